The second kappa shape index (κ2) is 5.31. The molecule has 1 aromatic heterocycles. The van der Waals surface area contributed by atoms with E-state index in [1.807, 2.05) is 19.2 Å². The number of hydrogen-bond donors (Lipinski definition) is 2. The van der Waals surface area contributed by atoms with Crippen molar-refractivity contribution in [2.24, 2.45) is 0 Å². The van der Waals surface area contributed by atoms with Gasteiger partial charge in [-0.15, -0.1) is 0 Å². The molecule has 3 heteroatoms. The molecular weight excluding hydrogens is 246 g/mol. The Morgan fingerprint density at radius 1 is 0.950 bits per heavy atom. The van der Waals surface area contributed by atoms with E-state index in [0.717, 1.165) is 5.56 Å². The predicted octanol–water partition coefficient (Wildman–Crippen LogP) is 3.13. The summed E-state index contributed by atoms with van der Waals surface area (Å²) in [6.45, 7) is 0. The number of aromatic nitrogens is 1. The third-order valence-electron chi connectivity index (χ3n) is 3.61. The molecule has 0 saturated heterocycles. The van der Waals surface area contributed by atoms with E-state index in [1.54, 1.807) is 6.20 Å². The molecule has 0 radical (unpaired) electrons. The highest BCUT2D eigenvalue weighted by molar-refractivity contribution is 5.86. The Hall–Kier alpha value is -2.39. The smallest absolute Gasteiger partial charge is 0.128 e. The minimum atomic E-state index is 0.0369. The van der Waals surface area contributed by atoms with Crippen molar-refractivity contribution in [2.45, 2.75) is 6.04 Å². The van der Waals surface area contributed by atoms with Gasteiger partial charge in [-0.25, -0.2) is 4.98 Å². The summed E-state index contributed by atoms with van der Waals surface area (Å²) in [5.74, 6) is 0.569. The first-order chi connectivity index (χ1) is 9.81. The molecule has 3 N–H and O–H groups in total. The van der Waals surface area contributed by atoms with Crippen molar-refractivity contribution >= 4 is 16.6 Å². The van der Waals surface area contributed by atoms with Gasteiger partial charge in [-0.2, -0.15) is 0 Å². The molecule has 0 amide bonds. The number of nitrogens with zero attached hydrogens (tertiary/aromatic N) is 1. The summed E-state index contributed by atoms with van der Waals surface area (Å²) in [7, 11) is 1.94. The van der Waals surface area contributed by atoms with Gasteiger partial charge in [0.2, 0.25) is 0 Å². The number of anilines is 1. The Morgan fingerprint density at radius 2 is 1.70 bits per heavy atom. The second-order valence-electron chi connectivity index (χ2n) is 4.77. The fourth-order valence-corrected chi connectivity index (χ4v) is 2.65. The maximum absolute atomic E-state index is 6.03. The lowest BCUT2D eigenvalue weighted by molar-refractivity contribution is 0.696. The quantitative estimate of drug-likeness (QED) is 0.763. The van der Waals surface area contributed by atoms with Crippen molar-refractivity contribution in [3.8, 4) is 0 Å². The monoisotopic (exact) mass is 263 g/mol. The first kappa shape index (κ1) is 12.6. The Kier molecular flexibility index (Phi) is 3.35. The highest BCUT2D eigenvalue weighted by Gasteiger charge is 2.17. The summed E-state index contributed by atoms with van der Waals surface area (Å²) in [6.07, 6.45) is 1.72. The van der Waals surface area contributed by atoms with Crippen LogP contribution in [0.1, 0.15) is 17.2 Å². The minimum Gasteiger partial charge on any atom is -0.383 e. The van der Waals surface area contributed by atoms with Gasteiger partial charge in [0.1, 0.15) is 5.82 Å². The van der Waals surface area contributed by atoms with Crippen LogP contribution in [0.5, 0.6) is 0 Å². The van der Waals surface area contributed by atoms with Crippen molar-refractivity contribution in [3.05, 3.63) is 71.9 Å². The molecule has 0 fully saturated rings. The van der Waals surface area contributed by atoms with Gasteiger partial charge in [-0.1, -0.05) is 48.5 Å². The number of hydrogen-bond acceptors (Lipinski definition) is 3. The van der Waals surface area contributed by atoms with E-state index in [4.69, 9.17) is 5.73 Å². The molecule has 0 aliphatic heterocycles. The van der Waals surface area contributed by atoms with E-state index in [0.29, 0.717) is 5.82 Å². The van der Waals surface area contributed by atoms with Crippen LogP contribution in [0.15, 0.2) is 60.8 Å². The topological polar surface area (TPSA) is 50.9 Å². The Balaban J connectivity index is 2.20. The summed E-state index contributed by atoms with van der Waals surface area (Å²) in [6, 6.07) is 18.7. The summed E-state index contributed by atoms with van der Waals surface area (Å²) >= 11 is 0. The van der Waals surface area contributed by atoms with Gasteiger partial charge in [0, 0.05) is 11.8 Å². The predicted molar refractivity (Wildman–Crippen MR) is 83.5 cm³/mol. The number of rotatable bonds is 3. The average molecular weight is 263 g/mol. The van der Waals surface area contributed by atoms with Gasteiger partial charge >= 0.3 is 0 Å². The molecule has 3 nitrogen and oxygen atoms in total. The fourth-order valence-electron chi connectivity index (χ4n) is 2.65. The van der Waals surface area contributed by atoms with Crippen LogP contribution in [-0.4, -0.2) is 12.0 Å². The van der Waals surface area contributed by atoms with Crippen molar-refractivity contribution in [1.82, 2.24) is 10.3 Å². The molecule has 1 heterocycles. The van der Waals surface area contributed by atoms with Crippen molar-refractivity contribution in [3.63, 3.8) is 0 Å². The molecule has 1 atom stereocenters. The van der Waals surface area contributed by atoms with Gasteiger partial charge in [0.25, 0.3) is 0 Å². The third kappa shape index (κ3) is 2.12. The molecule has 0 spiro atoms. The SMILES string of the molecule is CNC(c1cccnc1N)c1cccc2ccccc12. The largest absolute Gasteiger partial charge is 0.383 e. The maximum atomic E-state index is 6.03. The highest BCUT2D eigenvalue weighted by Crippen LogP contribution is 2.30. The number of fused-ring (bicyclic) bond motifs is 1. The molecular formula is C17H17N3. The number of benzene rings is 2. The molecule has 0 aliphatic rings. The van der Waals surface area contributed by atoms with Crippen LogP contribution in [0.4, 0.5) is 5.82 Å². The zero-order chi connectivity index (χ0) is 13.9. The summed E-state index contributed by atoms with van der Waals surface area (Å²) in [4.78, 5) is 4.19. The number of nitrogen functional groups attached to an aromatic ring is 1. The molecule has 3 rings (SSSR count). The average Bonchev–Trinajstić information content (AvgIpc) is 2.50. The van der Waals surface area contributed by atoms with E-state index < -0.39 is 0 Å². The molecule has 100 valence electrons. The van der Waals surface area contributed by atoms with E-state index in [9.17, 15) is 0 Å². The maximum Gasteiger partial charge on any atom is 0.128 e. The van der Waals surface area contributed by atoms with Crippen LogP contribution < -0.4 is 11.1 Å². The van der Waals surface area contributed by atoms with Gasteiger partial charge in [-0.3, -0.25) is 0 Å². The molecule has 3 aromatic rings. The normalized spacial score (nSPS) is 12.4. The van der Waals surface area contributed by atoms with E-state index >= 15 is 0 Å². The molecule has 2 aromatic carbocycles. The van der Waals surface area contributed by atoms with Gasteiger partial charge in [-0.05, 0) is 29.4 Å². The van der Waals surface area contributed by atoms with Crippen LogP contribution in [0.25, 0.3) is 10.8 Å². The Morgan fingerprint density at radius 3 is 2.50 bits per heavy atom. The molecule has 20 heavy (non-hydrogen) atoms. The number of nitrogens with two attached hydrogens (primary N) is 1. The molecule has 0 bridgehead atoms. The lowest BCUT2D eigenvalue weighted by atomic mass is 9.94. The van der Waals surface area contributed by atoms with Crippen LogP contribution in [0, 0.1) is 0 Å². The summed E-state index contributed by atoms with van der Waals surface area (Å²) in [5.41, 5.74) is 8.25. The summed E-state index contributed by atoms with van der Waals surface area (Å²) < 4.78 is 0. The van der Waals surface area contributed by atoms with Crippen LogP contribution in [-0.2, 0) is 0 Å². The minimum absolute atomic E-state index is 0.0369. The first-order valence-corrected chi connectivity index (χ1v) is 6.66. The zero-order valence-electron chi connectivity index (χ0n) is 11.4. The number of nitrogens with one attached hydrogen (secondary N) is 1. The lowest BCUT2D eigenvalue weighted by Gasteiger charge is -2.20. The van der Waals surface area contributed by atoms with Crippen LogP contribution >= 0.6 is 0 Å². The fraction of sp³-hybridized carbons (Fsp3) is 0.118. The van der Waals surface area contributed by atoms with Crippen molar-refractivity contribution in [2.75, 3.05) is 12.8 Å². The van der Waals surface area contributed by atoms with E-state index in [1.165, 1.54) is 16.3 Å². The molecule has 0 saturated carbocycles. The van der Waals surface area contributed by atoms with Gasteiger partial charge in [0.05, 0.1) is 6.04 Å². The van der Waals surface area contributed by atoms with E-state index in [-0.39, 0.29) is 6.04 Å². The standard InChI is InChI=1S/C17H17N3/c1-19-16(15-10-5-11-20-17(15)18)14-9-4-7-12-6-2-3-8-13(12)14/h2-11,16,19H,1H3,(H2,18,20). The summed E-state index contributed by atoms with van der Waals surface area (Å²) in [5, 5.41) is 5.81. The van der Waals surface area contributed by atoms with Crippen LogP contribution in [0.2, 0.25) is 0 Å². The molecule has 1 unspecified atom stereocenters. The van der Waals surface area contributed by atoms with Gasteiger partial charge in [0.15, 0.2) is 0 Å². The Bertz CT molecular complexity index is 732. The highest BCUT2D eigenvalue weighted by atomic mass is 14.9. The van der Waals surface area contributed by atoms with E-state index in [2.05, 4.69) is 52.8 Å². The van der Waals surface area contributed by atoms with Gasteiger partial charge < -0.3 is 11.1 Å². The van der Waals surface area contributed by atoms with Crippen molar-refractivity contribution < 1.29 is 0 Å². The van der Waals surface area contributed by atoms with Crippen molar-refractivity contribution in [1.29, 1.82) is 0 Å². The number of pyridine rings is 1. The van der Waals surface area contributed by atoms with Crippen LogP contribution in [0.3, 0.4) is 0 Å². The third-order valence-corrected chi connectivity index (χ3v) is 3.61. The molecule has 0 aliphatic carbocycles. The first-order valence-electron chi connectivity index (χ1n) is 6.66. The lowest BCUT2D eigenvalue weighted by Crippen LogP contribution is -2.19. The zero-order valence-corrected chi connectivity index (χ0v) is 11.4. The second-order valence-corrected chi connectivity index (χ2v) is 4.77. The Labute approximate surface area is 118 Å².